The SMILES string of the molecule is N=C/C(=C\NC1CCC1)c1cnc2ccc(N3CCNCC3)cc2n1. The van der Waals surface area contributed by atoms with Gasteiger partial charge in [-0.1, -0.05) is 0 Å². The highest BCUT2D eigenvalue weighted by molar-refractivity contribution is 6.07. The van der Waals surface area contributed by atoms with E-state index in [-0.39, 0.29) is 0 Å². The molecule has 0 radical (unpaired) electrons. The molecule has 25 heavy (non-hydrogen) atoms. The molecule has 1 aliphatic heterocycles. The lowest BCUT2D eigenvalue weighted by Gasteiger charge is -2.29. The van der Waals surface area contributed by atoms with E-state index in [0.717, 1.165) is 48.5 Å². The second-order valence-electron chi connectivity index (χ2n) is 6.70. The summed E-state index contributed by atoms with van der Waals surface area (Å²) < 4.78 is 0. The molecule has 0 atom stereocenters. The van der Waals surface area contributed by atoms with Crippen LogP contribution in [0.25, 0.3) is 16.6 Å². The summed E-state index contributed by atoms with van der Waals surface area (Å²) in [6.45, 7) is 4.04. The van der Waals surface area contributed by atoms with Crippen LogP contribution in [0.1, 0.15) is 25.0 Å². The van der Waals surface area contributed by atoms with Gasteiger partial charge >= 0.3 is 0 Å². The molecule has 0 unspecified atom stereocenters. The molecule has 2 aromatic rings. The van der Waals surface area contributed by atoms with Crippen LogP contribution in [0.2, 0.25) is 0 Å². The lowest BCUT2D eigenvalue weighted by molar-refractivity contribution is 0.373. The van der Waals surface area contributed by atoms with E-state index < -0.39 is 0 Å². The Bertz CT molecular complexity index is 790. The van der Waals surface area contributed by atoms with Gasteiger partial charge in [0.1, 0.15) is 0 Å². The minimum Gasteiger partial charge on any atom is -0.388 e. The van der Waals surface area contributed by atoms with E-state index >= 15 is 0 Å². The number of hydrogen-bond acceptors (Lipinski definition) is 6. The molecule has 0 spiro atoms. The molecule has 6 heteroatoms. The molecule has 4 rings (SSSR count). The van der Waals surface area contributed by atoms with E-state index in [4.69, 9.17) is 10.4 Å². The highest BCUT2D eigenvalue weighted by Gasteiger charge is 2.16. The van der Waals surface area contributed by atoms with Crippen molar-refractivity contribution in [1.82, 2.24) is 20.6 Å². The highest BCUT2D eigenvalue weighted by atomic mass is 15.2. The monoisotopic (exact) mass is 336 g/mol. The number of rotatable bonds is 5. The van der Waals surface area contributed by atoms with Crippen molar-refractivity contribution in [2.45, 2.75) is 25.3 Å². The number of anilines is 1. The lowest BCUT2D eigenvalue weighted by Crippen LogP contribution is -2.43. The second kappa shape index (κ2) is 7.19. The Hall–Kier alpha value is -2.47. The summed E-state index contributed by atoms with van der Waals surface area (Å²) >= 11 is 0. The van der Waals surface area contributed by atoms with Crippen LogP contribution < -0.4 is 15.5 Å². The molecule has 1 saturated heterocycles. The molecule has 2 fully saturated rings. The van der Waals surface area contributed by atoms with Gasteiger partial charge in [0.25, 0.3) is 0 Å². The summed E-state index contributed by atoms with van der Waals surface area (Å²) in [5.74, 6) is 0. The zero-order valence-electron chi connectivity index (χ0n) is 14.3. The summed E-state index contributed by atoms with van der Waals surface area (Å²) in [6, 6.07) is 6.80. The molecule has 3 N–H and O–H groups in total. The Morgan fingerprint density at radius 3 is 2.80 bits per heavy atom. The summed E-state index contributed by atoms with van der Waals surface area (Å²) in [5, 5.41) is 14.5. The Kier molecular flexibility index (Phi) is 4.61. The highest BCUT2D eigenvalue weighted by Crippen LogP contribution is 2.22. The molecule has 6 nitrogen and oxygen atoms in total. The van der Waals surface area contributed by atoms with Crippen molar-refractivity contribution < 1.29 is 0 Å². The van der Waals surface area contributed by atoms with Crippen molar-refractivity contribution >= 4 is 28.5 Å². The quantitative estimate of drug-likeness (QED) is 0.730. The molecule has 1 aromatic carbocycles. The predicted molar refractivity (Wildman–Crippen MR) is 102 cm³/mol. The van der Waals surface area contributed by atoms with Crippen molar-refractivity contribution in [2.75, 3.05) is 31.1 Å². The van der Waals surface area contributed by atoms with Gasteiger partial charge in [0.2, 0.25) is 0 Å². The molecular formula is C19H24N6. The molecule has 0 bridgehead atoms. The number of nitrogens with zero attached hydrogens (tertiary/aromatic N) is 3. The third-order valence-corrected chi connectivity index (χ3v) is 5.04. The maximum absolute atomic E-state index is 7.71. The number of benzene rings is 1. The van der Waals surface area contributed by atoms with Gasteiger partial charge in [-0.05, 0) is 37.5 Å². The summed E-state index contributed by atoms with van der Waals surface area (Å²) in [7, 11) is 0. The molecular weight excluding hydrogens is 312 g/mol. The van der Waals surface area contributed by atoms with Crippen LogP contribution in [-0.4, -0.2) is 48.4 Å². The number of fused-ring (bicyclic) bond motifs is 1. The average molecular weight is 336 g/mol. The van der Waals surface area contributed by atoms with E-state index in [1.807, 2.05) is 12.3 Å². The lowest BCUT2D eigenvalue weighted by atomic mass is 9.93. The van der Waals surface area contributed by atoms with Gasteiger partial charge in [-0.25, -0.2) is 4.98 Å². The minimum atomic E-state index is 0.544. The van der Waals surface area contributed by atoms with Crippen LogP contribution in [-0.2, 0) is 0 Å². The van der Waals surface area contributed by atoms with Crippen molar-refractivity contribution in [3.63, 3.8) is 0 Å². The first-order valence-corrected chi connectivity index (χ1v) is 9.03. The Morgan fingerprint density at radius 1 is 1.24 bits per heavy atom. The molecule has 130 valence electrons. The predicted octanol–water partition coefficient (Wildman–Crippen LogP) is 2.17. The number of allylic oxidation sites excluding steroid dienone is 1. The van der Waals surface area contributed by atoms with Gasteiger partial charge in [0.15, 0.2) is 0 Å². The Labute approximate surface area is 147 Å². The fraction of sp³-hybridized carbons (Fsp3) is 0.421. The van der Waals surface area contributed by atoms with Gasteiger partial charge in [0.05, 0.1) is 22.9 Å². The number of piperazine rings is 1. The zero-order valence-corrected chi connectivity index (χ0v) is 14.3. The molecule has 1 aliphatic carbocycles. The fourth-order valence-corrected chi connectivity index (χ4v) is 3.23. The molecule has 1 saturated carbocycles. The maximum atomic E-state index is 7.71. The molecule has 1 aromatic heterocycles. The maximum Gasteiger partial charge on any atom is 0.0922 e. The number of aromatic nitrogens is 2. The van der Waals surface area contributed by atoms with Crippen LogP contribution in [0, 0.1) is 5.41 Å². The van der Waals surface area contributed by atoms with E-state index in [9.17, 15) is 0 Å². The standard InChI is InChI=1S/C19H24N6/c20-11-14(12-22-15-2-1-3-15)19-13-23-17-5-4-16(10-18(17)24-19)25-8-6-21-7-9-25/h4-5,10-13,15,20-22H,1-3,6-9H2/b14-12+,20-11?. The molecule has 2 heterocycles. The average Bonchev–Trinajstić information content (AvgIpc) is 2.63. The van der Waals surface area contributed by atoms with E-state index in [0.29, 0.717) is 6.04 Å². The van der Waals surface area contributed by atoms with Crippen LogP contribution in [0.15, 0.2) is 30.6 Å². The van der Waals surface area contributed by atoms with Gasteiger partial charge in [-0.2, -0.15) is 0 Å². The topological polar surface area (TPSA) is 76.9 Å². The smallest absolute Gasteiger partial charge is 0.0922 e. The first-order chi connectivity index (χ1) is 12.3. The largest absolute Gasteiger partial charge is 0.388 e. The van der Waals surface area contributed by atoms with Gasteiger partial charge in [-0.15, -0.1) is 0 Å². The second-order valence-corrected chi connectivity index (χ2v) is 6.70. The Morgan fingerprint density at radius 2 is 2.08 bits per heavy atom. The van der Waals surface area contributed by atoms with Crippen molar-refractivity contribution in [1.29, 1.82) is 5.41 Å². The van der Waals surface area contributed by atoms with Crippen LogP contribution in [0.5, 0.6) is 0 Å². The van der Waals surface area contributed by atoms with E-state index in [1.54, 1.807) is 6.20 Å². The number of nitrogens with one attached hydrogen (secondary N) is 3. The van der Waals surface area contributed by atoms with Gasteiger partial charge in [-0.3, -0.25) is 4.98 Å². The Balaban J connectivity index is 1.61. The van der Waals surface area contributed by atoms with Crippen molar-refractivity contribution in [3.8, 4) is 0 Å². The van der Waals surface area contributed by atoms with Crippen LogP contribution in [0.3, 0.4) is 0 Å². The molecule has 0 amide bonds. The third-order valence-electron chi connectivity index (χ3n) is 5.04. The summed E-state index contributed by atoms with van der Waals surface area (Å²) in [5.41, 5.74) is 4.47. The van der Waals surface area contributed by atoms with Crippen molar-refractivity contribution in [2.24, 2.45) is 0 Å². The number of hydrogen-bond donors (Lipinski definition) is 3. The summed E-state index contributed by atoms with van der Waals surface area (Å²) in [4.78, 5) is 11.7. The van der Waals surface area contributed by atoms with Gasteiger partial charge < -0.3 is 20.9 Å². The first kappa shape index (κ1) is 16.0. The zero-order chi connectivity index (χ0) is 17.1. The van der Waals surface area contributed by atoms with Gasteiger partial charge in [0, 0.05) is 55.9 Å². The van der Waals surface area contributed by atoms with Crippen molar-refractivity contribution in [3.05, 3.63) is 36.3 Å². The van der Waals surface area contributed by atoms with Crippen LogP contribution in [0.4, 0.5) is 5.69 Å². The normalized spacial score (nSPS) is 18.9. The molecule has 2 aliphatic rings. The fourth-order valence-electron chi connectivity index (χ4n) is 3.23. The van der Waals surface area contributed by atoms with E-state index in [1.165, 1.54) is 31.2 Å². The first-order valence-electron chi connectivity index (χ1n) is 9.03. The minimum absolute atomic E-state index is 0.544. The van der Waals surface area contributed by atoms with Crippen LogP contribution >= 0.6 is 0 Å². The van der Waals surface area contributed by atoms with E-state index in [2.05, 4.69) is 32.7 Å². The third kappa shape index (κ3) is 3.49. The summed E-state index contributed by atoms with van der Waals surface area (Å²) in [6.07, 6.45) is 8.72.